The Balaban J connectivity index is 1.38. The summed E-state index contributed by atoms with van der Waals surface area (Å²) in [6.07, 6.45) is 0.0166. The van der Waals surface area contributed by atoms with Crippen LogP contribution in [0.1, 0.15) is 6.23 Å². The second kappa shape index (κ2) is 9.77. The zero-order valence-corrected chi connectivity index (χ0v) is 23.1. The van der Waals surface area contributed by atoms with Gasteiger partial charge in [0.25, 0.3) is 6.48 Å². The number of aromatic nitrogens is 4. The van der Waals surface area contributed by atoms with Gasteiger partial charge in [0.2, 0.25) is 0 Å². The Labute approximate surface area is 218 Å². The Morgan fingerprint density at radius 2 is 1.89 bits per heavy atom. The number of nitrogens with two attached hydrogens (primary N) is 1. The van der Waals surface area contributed by atoms with Crippen LogP contribution >= 0.6 is 58.8 Å². The number of ether oxygens (including phenoxy) is 4. The van der Waals surface area contributed by atoms with E-state index in [1.165, 1.54) is 25.2 Å². The molecule has 3 saturated heterocycles. The average molecular weight is 628 g/mol. The number of fused-ring (bicyclic) bond motifs is 2. The van der Waals surface area contributed by atoms with E-state index in [0.717, 1.165) is 0 Å². The lowest BCUT2D eigenvalue weighted by Crippen LogP contribution is -2.32. The lowest BCUT2D eigenvalue weighted by atomic mass is 10.1. The number of imidazole rings is 1. The van der Waals surface area contributed by atoms with Gasteiger partial charge in [0, 0.05) is 7.11 Å². The normalized spacial score (nSPS) is 40.1. The summed E-state index contributed by atoms with van der Waals surface area (Å²) >= 11 is 12.4. The maximum absolute atomic E-state index is 12.3. The Hall–Kier alpha value is -0.190. The van der Waals surface area contributed by atoms with Gasteiger partial charge in [-0.1, -0.05) is 35.0 Å². The lowest BCUT2D eigenvalue weighted by molar-refractivity contribution is -0.256. The molecule has 0 aromatic carbocycles. The molecule has 5 rings (SSSR count). The molecule has 0 spiro atoms. The van der Waals surface area contributed by atoms with Crippen LogP contribution < -0.4 is 5.73 Å². The van der Waals surface area contributed by atoms with Crippen LogP contribution in [-0.2, 0) is 41.2 Å². The second-order valence-corrected chi connectivity index (χ2v) is 16.4. The van der Waals surface area contributed by atoms with E-state index in [1.807, 2.05) is 0 Å². The second-order valence-electron chi connectivity index (χ2n) is 7.44. The molecule has 22 heteroatoms. The summed E-state index contributed by atoms with van der Waals surface area (Å²) < 4.78 is 60.7. The summed E-state index contributed by atoms with van der Waals surface area (Å²) in [5.74, 6) is 0.182. The number of thioether (sulfide) groups is 1. The first kappa shape index (κ1) is 27.4. The fourth-order valence-electron chi connectivity index (χ4n) is 3.61. The molecule has 2 aromatic heterocycles. The van der Waals surface area contributed by atoms with Crippen molar-refractivity contribution in [3.63, 3.8) is 0 Å². The van der Waals surface area contributed by atoms with E-state index >= 15 is 0 Å². The predicted octanol–water partition coefficient (Wildman–Crippen LogP) is 2.49. The van der Waals surface area contributed by atoms with Crippen LogP contribution in [-0.4, -0.2) is 77.9 Å². The molecule has 0 aliphatic carbocycles. The highest BCUT2D eigenvalue weighted by atomic mass is 35.5. The summed E-state index contributed by atoms with van der Waals surface area (Å²) in [5.41, 5.74) is 6.74. The third kappa shape index (κ3) is 4.51. The van der Waals surface area contributed by atoms with Crippen LogP contribution in [0.25, 0.3) is 11.2 Å². The van der Waals surface area contributed by atoms with E-state index in [9.17, 15) is 18.9 Å². The number of rotatable bonds is 6. The van der Waals surface area contributed by atoms with Gasteiger partial charge < -0.3 is 39.0 Å². The van der Waals surface area contributed by atoms with E-state index in [1.54, 1.807) is 10.8 Å². The molecule has 200 valence electrons. The Morgan fingerprint density at radius 3 is 2.53 bits per heavy atom. The fraction of sp³-hybridized carbons (Fsp3) is 0.643. The highest BCUT2D eigenvalue weighted by Gasteiger charge is 2.68. The van der Waals surface area contributed by atoms with Crippen molar-refractivity contribution in [2.75, 3.05) is 25.7 Å². The van der Waals surface area contributed by atoms with Crippen molar-refractivity contribution < 1.29 is 51.0 Å². The zero-order valence-electron chi connectivity index (χ0n) is 18.1. The summed E-state index contributed by atoms with van der Waals surface area (Å²) in [6.45, 7) is -1.40. The molecule has 3 aliphatic rings. The summed E-state index contributed by atoms with van der Waals surface area (Å²) in [7, 11) is -11.5. The maximum atomic E-state index is 12.3. The molecule has 5 heterocycles. The number of hydrogen-bond donors (Lipinski definition) is 3. The van der Waals surface area contributed by atoms with Crippen LogP contribution in [0, 0.1) is 0 Å². The topological polar surface area (TPSA) is 209 Å². The Kier molecular flexibility index (Phi) is 7.43. The van der Waals surface area contributed by atoms with Gasteiger partial charge in [-0.25, -0.2) is 23.6 Å². The van der Waals surface area contributed by atoms with E-state index in [-0.39, 0.29) is 12.4 Å². The van der Waals surface area contributed by atoms with Crippen molar-refractivity contribution in [3.05, 3.63) is 6.33 Å². The Bertz CT molecular complexity index is 1250. The first-order valence-electron chi connectivity index (χ1n) is 9.78. The van der Waals surface area contributed by atoms with Crippen LogP contribution in [0.4, 0.5) is 5.82 Å². The zero-order chi connectivity index (χ0) is 26.0. The highest BCUT2D eigenvalue weighted by Crippen LogP contribution is 2.87. The van der Waals surface area contributed by atoms with Gasteiger partial charge in [-0.2, -0.15) is 0 Å². The van der Waals surface area contributed by atoms with Gasteiger partial charge in [0.1, 0.15) is 23.8 Å². The number of anilines is 1. The number of hydrogen-bond acceptors (Lipinski definition) is 14. The summed E-state index contributed by atoms with van der Waals surface area (Å²) in [6, 6.07) is 0. The first-order chi connectivity index (χ1) is 16.9. The van der Waals surface area contributed by atoms with Crippen LogP contribution in [0.5, 0.6) is 0 Å². The number of halogens is 2. The average Bonchev–Trinajstić information content (AvgIpc) is 3.49. The third-order valence-corrected chi connectivity index (χ3v) is 14.5. The molecule has 7 atom stereocenters. The molecule has 36 heavy (non-hydrogen) atoms. The van der Waals surface area contributed by atoms with Crippen molar-refractivity contribution in [2.24, 2.45) is 0 Å². The van der Waals surface area contributed by atoms with Gasteiger partial charge in [-0.05, 0) is 6.26 Å². The molecular formula is C14H18Cl2N5O11P3S. The molecule has 3 aliphatic heterocycles. The molecule has 0 saturated carbocycles. The third-order valence-electron chi connectivity index (χ3n) is 5.28. The Morgan fingerprint density at radius 1 is 1.22 bits per heavy atom. The van der Waals surface area contributed by atoms with Crippen LogP contribution in [0.15, 0.2) is 11.5 Å². The first-order valence-corrected chi connectivity index (χ1v) is 16.0. The summed E-state index contributed by atoms with van der Waals surface area (Å²) in [5, 5.41) is 0.417. The molecule has 0 radical (unpaired) electrons. The molecular weight excluding hydrogens is 610 g/mol. The molecule has 0 amide bonds. The number of nitrogen functional groups attached to an aromatic ring is 1. The smallest absolute Gasteiger partial charge is 0.382 e. The largest absolute Gasteiger partial charge is 0.383 e. The number of alkyl halides is 2. The van der Waals surface area contributed by atoms with Gasteiger partial charge in [-0.3, -0.25) is 13.7 Å². The van der Waals surface area contributed by atoms with Crippen LogP contribution in [0.3, 0.4) is 0 Å². The van der Waals surface area contributed by atoms with Gasteiger partial charge in [0.05, 0.1) is 12.9 Å². The SMILES string of the molecule is COC1O[C@@H]2[C@H](O1)[C@@H](COP1OP(=O)(O)C(Cl)(Cl)P(=O)(O)O1)O[C@H]2n1cnc2c(N)nc(SC)nc21. The maximum Gasteiger partial charge on any atom is 0.383 e. The molecule has 16 nitrogen and oxygen atoms in total. The monoisotopic (exact) mass is 627 g/mol. The van der Waals surface area contributed by atoms with Gasteiger partial charge >= 0.3 is 27.6 Å². The van der Waals surface area contributed by atoms with Crippen molar-refractivity contribution >= 4 is 75.7 Å². The van der Waals surface area contributed by atoms with E-state index in [2.05, 4.69) is 15.0 Å². The fourth-order valence-corrected chi connectivity index (χ4v) is 10.3. The predicted molar refractivity (Wildman–Crippen MR) is 125 cm³/mol. The molecule has 3 fully saturated rings. The van der Waals surface area contributed by atoms with Crippen LogP contribution in [0.2, 0.25) is 0 Å². The van der Waals surface area contributed by atoms with E-state index in [0.29, 0.717) is 16.3 Å². The molecule has 2 aromatic rings. The minimum absolute atomic E-state index is 0.182. The standard InChI is InChI=1S/C14H18Cl2N5O11P3S/c1-26-13-29-7-5(3-27-33-31-34(22,23)14(15,16)35(24,25)32-33)28-11(8(7)30-13)21-4-18-6-9(17)19-12(36-2)20-10(6)21/h4-5,7-8,11,13H,3H2,1-2H3,(H,22,23)(H,24,25)(H2,17,19,20)/t5-,7-,8-,11-,13?/m1/s1. The van der Waals surface area contributed by atoms with E-state index in [4.69, 9.17) is 61.0 Å². The number of nitrogens with zero attached hydrogens (tertiary/aromatic N) is 4. The number of methoxy groups -OCH3 is 1. The van der Waals surface area contributed by atoms with Gasteiger partial charge in [-0.15, -0.1) is 0 Å². The molecule has 3 unspecified atom stereocenters. The summed E-state index contributed by atoms with van der Waals surface area (Å²) in [4.78, 5) is 32.7. The lowest BCUT2D eigenvalue weighted by Gasteiger charge is -2.35. The highest BCUT2D eigenvalue weighted by molar-refractivity contribution is 7.98. The van der Waals surface area contributed by atoms with E-state index < -0.39 is 58.6 Å². The van der Waals surface area contributed by atoms with Crippen molar-refractivity contribution in [3.8, 4) is 0 Å². The quantitative estimate of drug-likeness (QED) is 0.182. The van der Waals surface area contributed by atoms with Crippen molar-refractivity contribution in [1.82, 2.24) is 19.5 Å². The molecule has 0 bridgehead atoms. The molecule has 4 N–H and O–H groups in total. The van der Waals surface area contributed by atoms with Gasteiger partial charge in [0.15, 0.2) is 22.8 Å². The van der Waals surface area contributed by atoms with Crippen molar-refractivity contribution in [1.29, 1.82) is 0 Å². The minimum Gasteiger partial charge on any atom is -0.382 e. The minimum atomic E-state index is -5.02. The van der Waals surface area contributed by atoms with Crippen molar-refractivity contribution in [2.45, 2.75) is 40.0 Å².